The van der Waals surface area contributed by atoms with Gasteiger partial charge in [-0.05, 0) is 29.5 Å². The molecule has 1 N–H and O–H groups in total. The first-order chi connectivity index (χ1) is 11.1. The molecule has 0 saturated carbocycles. The van der Waals surface area contributed by atoms with Crippen LogP contribution in [-0.4, -0.2) is 4.92 Å². The minimum atomic E-state index is -0.410. The molecule has 0 aromatic heterocycles. The van der Waals surface area contributed by atoms with E-state index in [-0.39, 0.29) is 23.5 Å². The quantitative estimate of drug-likeness (QED) is 0.502. The molecule has 2 aromatic rings. The molecule has 0 spiro atoms. The van der Waals surface area contributed by atoms with Crippen LogP contribution in [0.1, 0.15) is 29.5 Å². The van der Waals surface area contributed by atoms with E-state index in [2.05, 4.69) is 17.5 Å². The summed E-state index contributed by atoms with van der Waals surface area (Å²) in [6, 6.07) is 11.6. The number of para-hydroxylation sites is 1. The fourth-order valence-electron chi connectivity index (χ4n) is 3.72. The minimum Gasteiger partial charge on any atom is -0.375 e. The molecule has 4 nitrogen and oxygen atoms in total. The molecule has 1 aliphatic heterocycles. The van der Waals surface area contributed by atoms with Crippen molar-refractivity contribution in [2.45, 2.75) is 18.4 Å². The topological polar surface area (TPSA) is 55.2 Å². The van der Waals surface area contributed by atoms with Gasteiger partial charge in [0.25, 0.3) is 5.69 Å². The first-order valence-electron chi connectivity index (χ1n) is 7.61. The van der Waals surface area contributed by atoms with Crippen molar-refractivity contribution in [3.05, 3.63) is 81.7 Å². The summed E-state index contributed by atoms with van der Waals surface area (Å²) in [7, 11) is 0. The van der Waals surface area contributed by atoms with Gasteiger partial charge in [0.1, 0.15) is 5.82 Å². The number of nitrogens with zero attached hydrogens (tertiary/aromatic N) is 1. The second-order valence-electron chi connectivity index (χ2n) is 6.03. The van der Waals surface area contributed by atoms with E-state index in [0.29, 0.717) is 11.6 Å². The van der Waals surface area contributed by atoms with Gasteiger partial charge in [-0.1, -0.05) is 36.4 Å². The Kier molecular flexibility index (Phi) is 3.15. The highest BCUT2D eigenvalue weighted by atomic mass is 19.1. The number of non-ortho nitro benzene ring substituents is 1. The van der Waals surface area contributed by atoms with Gasteiger partial charge in [0, 0.05) is 18.1 Å². The van der Waals surface area contributed by atoms with Crippen LogP contribution in [0.3, 0.4) is 0 Å². The van der Waals surface area contributed by atoms with E-state index < -0.39 is 4.92 Å². The molecule has 2 aromatic carbocycles. The zero-order valence-corrected chi connectivity index (χ0v) is 12.3. The lowest BCUT2D eigenvalue weighted by molar-refractivity contribution is -0.384. The summed E-state index contributed by atoms with van der Waals surface area (Å²) in [5, 5.41) is 14.1. The van der Waals surface area contributed by atoms with Crippen LogP contribution in [0.4, 0.5) is 15.8 Å². The Hall–Kier alpha value is -2.69. The number of hydrogen-bond acceptors (Lipinski definition) is 3. The molecule has 3 atom stereocenters. The maximum absolute atomic E-state index is 14.2. The Morgan fingerprint density at radius 1 is 1.17 bits per heavy atom. The van der Waals surface area contributed by atoms with Crippen LogP contribution in [-0.2, 0) is 0 Å². The van der Waals surface area contributed by atoms with Crippen molar-refractivity contribution in [1.82, 2.24) is 0 Å². The second kappa shape index (κ2) is 5.19. The average molecular weight is 310 g/mol. The summed E-state index contributed by atoms with van der Waals surface area (Å²) >= 11 is 0. The van der Waals surface area contributed by atoms with Gasteiger partial charge in [0.15, 0.2) is 0 Å². The largest absolute Gasteiger partial charge is 0.375 e. The lowest BCUT2D eigenvalue weighted by Crippen LogP contribution is -2.29. The number of rotatable bonds is 2. The van der Waals surface area contributed by atoms with Gasteiger partial charge in [0.05, 0.1) is 16.7 Å². The van der Waals surface area contributed by atoms with Gasteiger partial charge in [-0.15, -0.1) is 0 Å². The van der Waals surface area contributed by atoms with Gasteiger partial charge in [0.2, 0.25) is 0 Å². The van der Waals surface area contributed by atoms with Gasteiger partial charge >= 0.3 is 0 Å². The highest BCUT2D eigenvalue weighted by Gasteiger charge is 2.38. The summed E-state index contributed by atoms with van der Waals surface area (Å²) in [5.41, 5.74) is 2.55. The fraction of sp³-hybridized carbons (Fsp3) is 0.222. The highest BCUT2D eigenvalue weighted by molar-refractivity contribution is 5.60. The third-order valence-corrected chi connectivity index (χ3v) is 4.81. The van der Waals surface area contributed by atoms with Gasteiger partial charge < -0.3 is 5.32 Å². The molecular weight excluding hydrogens is 295 g/mol. The van der Waals surface area contributed by atoms with E-state index >= 15 is 0 Å². The number of benzene rings is 2. The molecule has 0 bridgehead atoms. The normalized spacial score (nSPS) is 24.7. The smallest absolute Gasteiger partial charge is 0.269 e. The Balaban J connectivity index is 1.75. The lowest BCUT2D eigenvalue weighted by Gasteiger charge is -2.37. The van der Waals surface area contributed by atoms with Crippen molar-refractivity contribution in [2.24, 2.45) is 5.92 Å². The van der Waals surface area contributed by atoms with Crippen LogP contribution in [0.2, 0.25) is 0 Å². The first kappa shape index (κ1) is 13.9. The van der Waals surface area contributed by atoms with Crippen molar-refractivity contribution < 1.29 is 9.31 Å². The van der Waals surface area contributed by atoms with E-state index in [1.54, 1.807) is 18.2 Å². The monoisotopic (exact) mass is 310 g/mol. The summed E-state index contributed by atoms with van der Waals surface area (Å²) in [6.45, 7) is 0. The number of hydrogen-bond donors (Lipinski definition) is 1. The summed E-state index contributed by atoms with van der Waals surface area (Å²) < 4.78 is 14.2. The van der Waals surface area contributed by atoms with Gasteiger partial charge in [-0.25, -0.2) is 4.39 Å². The Morgan fingerprint density at radius 2 is 1.96 bits per heavy atom. The van der Waals surface area contributed by atoms with Crippen LogP contribution >= 0.6 is 0 Å². The predicted molar refractivity (Wildman–Crippen MR) is 85.8 cm³/mol. The first-order valence-corrected chi connectivity index (χ1v) is 7.61. The molecular formula is C18H15FN2O2. The maximum Gasteiger partial charge on any atom is 0.269 e. The molecule has 1 heterocycles. The molecule has 0 saturated heterocycles. The standard InChI is InChI=1S/C18H15FN2O2/c19-16-6-2-5-15-13-3-1-4-14(13)17(20-18(15)16)11-7-9-12(10-8-11)21(22)23/h1-3,5-10,13-14,17,20H,4H2/t13?,14?,17-/m1/s1. The number of anilines is 1. The van der Waals surface area contributed by atoms with Crippen molar-refractivity contribution in [1.29, 1.82) is 0 Å². The van der Waals surface area contributed by atoms with E-state index in [4.69, 9.17) is 0 Å². The minimum absolute atomic E-state index is 0.0554. The fourth-order valence-corrected chi connectivity index (χ4v) is 3.72. The molecule has 2 aliphatic rings. The third-order valence-electron chi connectivity index (χ3n) is 4.81. The number of nitro benzene ring substituents is 1. The summed E-state index contributed by atoms with van der Waals surface area (Å²) in [4.78, 5) is 10.4. The predicted octanol–water partition coefficient (Wildman–Crippen LogP) is 4.56. The van der Waals surface area contributed by atoms with Crippen molar-refractivity contribution in [2.75, 3.05) is 5.32 Å². The average Bonchev–Trinajstić information content (AvgIpc) is 3.04. The zero-order chi connectivity index (χ0) is 16.0. The second-order valence-corrected chi connectivity index (χ2v) is 6.03. The van der Waals surface area contributed by atoms with Crippen LogP contribution < -0.4 is 5.32 Å². The highest BCUT2D eigenvalue weighted by Crippen LogP contribution is 2.50. The molecule has 1 aliphatic carbocycles. The SMILES string of the molecule is O=[N+]([O-])c1ccc([C@H]2Nc3c(F)cccc3C3C=CCC32)cc1. The zero-order valence-electron chi connectivity index (χ0n) is 12.3. The lowest BCUT2D eigenvalue weighted by atomic mass is 9.77. The number of allylic oxidation sites excluding steroid dienone is 2. The Bertz CT molecular complexity index is 801. The number of nitro groups is 1. The number of halogens is 1. The van der Waals surface area contributed by atoms with Gasteiger partial charge in [-0.2, -0.15) is 0 Å². The van der Waals surface area contributed by atoms with E-state index in [1.165, 1.54) is 18.2 Å². The van der Waals surface area contributed by atoms with Crippen molar-refractivity contribution in [3.63, 3.8) is 0 Å². The van der Waals surface area contributed by atoms with E-state index in [0.717, 1.165) is 17.5 Å². The Labute approximate surface area is 132 Å². The van der Waals surface area contributed by atoms with Crippen LogP contribution in [0.25, 0.3) is 0 Å². The molecule has 5 heteroatoms. The van der Waals surface area contributed by atoms with Crippen molar-refractivity contribution >= 4 is 11.4 Å². The van der Waals surface area contributed by atoms with Crippen LogP contribution in [0.15, 0.2) is 54.6 Å². The Morgan fingerprint density at radius 3 is 2.70 bits per heavy atom. The molecule has 0 amide bonds. The molecule has 4 rings (SSSR count). The third kappa shape index (κ3) is 2.20. The molecule has 23 heavy (non-hydrogen) atoms. The van der Waals surface area contributed by atoms with Crippen molar-refractivity contribution in [3.8, 4) is 0 Å². The van der Waals surface area contributed by atoms with Gasteiger partial charge in [-0.3, -0.25) is 10.1 Å². The maximum atomic E-state index is 14.2. The number of nitrogens with one attached hydrogen (secondary N) is 1. The molecule has 0 fully saturated rings. The van der Waals surface area contributed by atoms with E-state index in [9.17, 15) is 14.5 Å². The van der Waals surface area contributed by atoms with Crippen LogP contribution in [0.5, 0.6) is 0 Å². The van der Waals surface area contributed by atoms with E-state index in [1.807, 2.05) is 6.07 Å². The molecule has 0 radical (unpaired) electrons. The number of fused-ring (bicyclic) bond motifs is 3. The molecule has 2 unspecified atom stereocenters. The van der Waals surface area contributed by atoms with Crippen LogP contribution in [0, 0.1) is 21.8 Å². The summed E-state index contributed by atoms with van der Waals surface area (Å²) in [6.07, 6.45) is 5.19. The molecule has 116 valence electrons. The summed E-state index contributed by atoms with van der Waals surface area (Å²) in [5.74, 6) is 0.223.